The van der Waals surface area contributed by atoms with E-state index >= 15 is 0 Å². The van der Waals surface area contributed by atoms with Crippen molar-refractivity contribution in [1.29, 1.82) is 0 Å². The summed E-state index contributed by atoms with van der Waals surface area (Å²) in [5, 5.41) is 13.9. The Kier molecular flexibility index (Phi) is 3.81. The van der Waals surface area contributed by atoms with Crippen molar-refractivity contribution in [3.63, 3.8) is 0 Å². The number of carbonyl (C=O) groups is 1. The Morgan fingerprint density at radius 3 is 2.43 bits per heavy atom. The molecule has 4 nitrogen and oxygen atoms in total. The monoisotopic (exact) mass is 300 g/mol. The van der Waals surface area contributed by atoms with Gasteiger partial charge in [0.25, 0.3) is 5.78 Å². The normalized spacial score (nSPS) is 24.1. The number of carbonyl (C=O) groups excluding carboxylic acids is 1. The van der Waals surface area contributed by atoms with Gasteiger partial charge in [-0.15, -0.1) is 0 Å². The third-order valence-corrected chi connectivity index (χ3v) is 3.44. The lowest BCUT2D eigenvalue weighted by molar-refractivity contribution is -0.166. The summed E-state index contributed by atoms with van der Waals surface area (Å²) in [7, 11) is 0. The van der Waals surface area contributed by atoms with Crippen molar-refractivity contribution in [2.45, 2.75) is 31.7 Å². The van der Waals surface area contributed by atoms with E-state index in [-0.39, 0.29) is 5.70 Å². The molecular formula is C14H15F3N2O2. The number of nitrogens with zero attached hydrogens (tertiary/aromatic N) is 1. The van der Waals surface area contributed by atoms with E-state index < -0.39 is 23.7 Å². The molecule has 1 fully saturated rings. The zero-order chi connectivity index (χ0) is 15.8. The maximum absolute atomic E-state index is 12.4. The number of benzene rings is 1. The quantitative estimate of drug-likeness (QED) is 0.825. The van der Waals surface area contributed by atoms with Crippen molar-refractivity contribution in [2.75, 3.05) is 0 Å². The molecule has 1 aliphatic heterocycles. The second-order valence-corrected chi connectivity index (χ2v) is 5.28. The molecular weight excluding hydrogens is 285 g/mol. The minimum Gasteiger partial charge on any atom is -0.366 e. The first kappa shape index (κ1) is 15.5. The van der Waals surface area contributed by atoms with Crippen molar-refractivity contribution in [1.82, 2.24) is 10.4 Å². The number of rotatable bonds is 2. The van der Waals surface area contributed by atoms with Crippen LogP contribution in [0.5, 0.6) is 0 Å². The van der Waals surface area contributed by atoms with Gasteiger partial charge in [0.05, 0.1) is 5.54 Å². The maximum Gasteiger partial charge on any atom is 0.454 e. The predicted octanol–water partition coefficient (Wildman–Crippen LogP) is 2.77. The molecule has 1 atom stereocenters. The van der Waals surface area contributed by atoms with Gasteiger partial charge in [0.2, 0.25) is 0 Å². The lowest BCUT2D eigenvalue weighted by atomic mass is 10.0. The van der Waals surface area contributed by atoms with Crippen LogP contribution in [0.15, 0.2) is 42.1 Å². The largest absolute Gasteiger partial charge is 0.454 e. The number of allylic oxidation sites excluding steroid dienone is 1. The molecule has 0 bridgehead atoms. The number of hydrogen-bond donors (Lipinski definition) is 2. The van der Waals surface area contributed by atoms with Gasteiger partial charge in [-0.2, -0.15) is 18.2 Å². The van der Waals surface area contributed by atoms with E-state index in [1.54, 1.807) is 30.3 Å². The van der Waals surface area contributed by atoms with E-state index in [0.717, 1.165) is 5.06 Å². The Morgan fingerprint density at radius 2 is 1.90 bits per heavy atom. The molecule has 0 aliphatic carbocycles. The highest BCUT2D eigenvalue weighted by Gasteiger charge is 2.46. The molecule has 1 aromatic carbocycles. The van der Waals surface area contributed by atoms with Gasteiger partial charge in [0, 0.05) is 11.8 Å². The average molecular weight is 300 g/mol. The number of alkyl halides is 3. The summed E-state index contributed by atoms with van der Waals surface area (Å²) in [5.41, 5.74) is -0.446. The van der Waals surface area contributed by atoms with Crippen LogP contribution in [0.4, 0.5) is 13.2 Å². The highest BCUT2D eigenvalue weighted by atomic mass is 19.4. The van der Waals surface area contributed by atoms with Crippen LogP contribution in [0.25, 0.3) is 0 Å². The van der Waals surface area contributed by atoms with Gasteiger partial charge in [0.1, 0.15) is 6.17 Å². The van der Waals surface area contributed by atoms with E-state index in [0.29, 0.717) is 11.6 Å². The standard InChI is InChI=1S/C14H15F3N2O2/c1-13(2)10(8-11(20)14(15,16)17)18-12(19(13)21)9-6-4-3-5-7-9/h3-8,12,18,21H,1-2H3/b10-8-. The average Bonchev–Trinajstić information content (AvgIpc) is 2.62. The second kappa shape index (κ2) is 5.16. The Labute approximate surface area is 119 Å². The van der Waals surface area contributed by atoms with Crippen LogP contribution < -0.4 is 5.32 Å². The molecule has 1 saturated heterocycles. The molecule has 7 heteroatoms. The topological polar surface area (TPSA) is 52.6 Å². The van der Waals surface area contributed by atoms with E-state index in [9.17, 15) is 23.2 Å². The molecule has 21 heavy (non-hydrogen) atoms. The Balaban J connectivity index is 2.34. The fourth-order valence-electron chi connectivity index (χ4n) is 2.12. The lowest BCUT2D eigenvalue weighted by Crippen LogP contribution is -2.38. The smallest absolute Gasteiger partial charge is 0.366 e. The maximum atomic E-state index is 12.4. The number of ketones is 1. The van der Waals surface area contributed by atoms with E-state index in [2.05, 4.69) is 5.32 Å². The van der Waals surface area contributed by atoms with Crippen LogP contribution in [-0.4, -0.2) is 27.8 Å². The van der Waals surface area contributed by atoms with Crippen LogP contribution in [0.2, 0.25) is 0 Å². The third kappa shape index (κ3) is 2.93. The van der Waals surface area contributed by atoms with Crippen LogP contribution in [0.1, 0.15) is 25.6 Å². The molecule has 0 radical (unpaired) electrons. The van der Waals surface area contributed by atoms with Gasteiger partial charge >= 0.3 is 6.18 Å². The van der Waals surface area contributed by atoms with Gasteiger partial charge in [-0.1, -0.05) is 30.3 Å². The minimum atomic E-state index is -4.93. The molecule has 114 valence electrons. The van der Waals surface area contributed by atoms with Crippen LogP contribution in [0.3, 0.4) is 0 Å². The predicted molar refractivity (Wildman–Crippen MR) is 69.2 cm³/mol. The fraction of sp³-hybridized carbons (Fsp3) is 0.357. The summed E-state index contributed by atoms with van der Waals surface area (Å²) in [4.78, 5) is 11.1. The summed E-state index contributed by atoms with van der Waals surface area (Å²) in [6.45, 7) is 3.05. The van der Waals surface area contributed by atoms with Crippen molar-refractivity contribution in [3.05, 3.63) is 47.7 Å². The van der Waals surface area contributed by atoms with Crippen molar-refractivity contribution in [3.8, 4) is 0 Å². The molecule has 0 saturated carbocycles. The lowest BCUT2D eigenvalue weighted by Gasteiger charge is -2.27. The summed E-state index contributed by atoms with van der Waals surface area (Å²) >= 11 is 0. The van der Waals surface area contributed by atoms with Gasteiger partial charge in [-0.25, -0.2) is 0 Å². The zero-order valence-corrected chi connectivity index (χ0v) is 11.5. The summed E-state index contributed by atoms with van der Waals surface area (Å²) in [6, 6.07) is 8.74. The van der Waals surface area contributed by atoms with Gasteiger partial charge in [-0.05, 0) is 19.4 Å². The first-order valence-corrected chi connectivity index (χ1v) is 6.27. The zero-order valence-electron chi connectivity index (χ0n) is 11.5. The molecule has 1 heterocycles. The fourth-order valence-corrected chi connectivity index (χ4v) is 2.12. The highest BCUT2D eigenvalue weighted by Crippen LogP contribution is 2.37. The summed E-state index contributed by atoms with van der Waals surface area (Å²) < 4.78 is 37.1. The number of nitrogens with one attached hydrogen (secondary N) is 1. The van der Waals surface area contributed by atoms with Crippen molar-refractivity contribution >= 4 is 5.78 Å². The SMILES string of the molecule is CC1(C)/C(=C/C(=O)C(F)(F)F)NC(c2ccccc2)N1O. The van der Waals surface area contributed by atoms with Crippen molar-refractivity contribution in [2.24, 2.45) is 0 Å². The highest BCUT2D eigenvalue weighted by molar-refractivity contribution is 5.95. The summed E-state index contributed by atoms with van der Waals surface area (Å²) in [5.74, 6) is -1.96. The second-order valence-electron chi connectivity index (χ2n) is 5.28. The van der Waals surface area contributed by atoms with Crippen LogP contribution in [-0.2, 0) is 4.79 Å². The molecule has 0 spiro atoms. The Morgan fingerprint density at radius 1 is 1.33 bits per heavy atom. The Hall–Kier alpha value is -1.86. The minimum absolute atomic E-state index is 0.0150. The first-order valence-electron chi connectivity index (χ1n) is 6.27. The number of halogens is 3. The van der Waals surface area contributed by atoms with Gasteiger partial charge < -0.3 is 10.5 Å². The molecule has 2 rings (SSSR count). The van der Waals surface area contributed by atoms with E-state index in [1.165, 1.54) is 13.8 Å². The molecule has 1 unspecified atom stereocenters. The van der Waals surface area contributed by atoms with Crippen molar-refractivity contribution < 1.29 is 23.2 Å². The van der Waals surface area contributed by atoms with Gasteiger partial charge in [-0.3, -0.25) is 4.79 Å². The number of hydrogen-bond acceptors (Lipinski definition) is 4. The molecule has 2 N–H and O–H groups in total. The summed E-state index contributed by atoms with van der Waals surface area (Å²) in [6.07, 6.45) is -5.16. The van der Waals surface area contributed by atoms with Crippen LogP contribution >= 0.6 is 0 Å². The van der Waals surface area contributed by atoms with E-state index in [1.807, 2.05) is 0 Å². The third-order valence-electron chi connectivity index (χ3n) is 3.44. The van der Waals surface area contributed by atoms with E-state index in [4.69, 9.17) is 0 Å². The number of hydroxylamine groups is 2. The molecule has 0 aromatic heterocycles. The first-order chi connectivity index (χ1) is 9.64. The molecule has 1 aromatic rings. The van der Waals surface area contributed by atoms with Crippen LogP contribution in [0, 0.1) is 0 Å². The molecule has 0 amide bonds. The molecule has 1 aliphatic rings. The van der Waals surface area contributed by atoms with Gasteiger partial charge in [0.15, 0.2) is 0 Å². The Bertz CT molecular complexity index is 567.